The summed E-state index contributed by atoms with van der Waals surface area (Å²) < 4.78 is 43.0. The fourth-order valence-electron chi connectivity index (χ4n) is 2.97. The van der Waals surface area contributed by atoms with E-state index in [-0.39, 0.29) is 6.61 Å². The van der Waals surface area contributed by atoms with Gasteiger partial charge in [-0.05, 0) is 12.1 Å². The van der Waals surface area contributed by atoms with Crippen LogP contribution < -0.4 is 4.90 Å². The van der Waals surface area contributed by atoms with Crippen LogP contribution in [0.5, 0.6) is 0 Å². The molecule has 1 aromatic heterocycles. The monoisotopic (exact) mass is 318 g/mol. The molecule has 0 amide bonds. The van der Waals surface area contributed by atoms with Crippen molar-refractivity contribution in [3.8, 4) is 0 Å². The van der Waals surface area contributed by atoms with Gasteiger partial charge in [-0.3, -0.25) is 4.90 Å². The summed E-state index contributed by atoms with van der Waals surface area (Å²) in [5.74, 6) is 0.381. The predicted octanol–water partition coefficient (Wildman–Crippen LogP) is 0.379. The second kappa shape index (κ2) is 5.64. The molecular formula is C13H17F3N4O2. The molecule has 0 spiro atoms. The maximum atomic E-state index is 12.5. The lowest BCUT2D eigenvalue weighted by Crippen LogP contribution is -2.69. The fourth-order valence-corrected chi connectivity index (χ4v) is 2.97. The van der Waals surface area contributed by atoms with Crippen molar-refractivity contribution in [3.63, 3.8) is 0 Å². The molecule has 1 atom stereocenters. The Bertz CT molecular complexity index is 525. The number of anilines is 1. The molecule has 1 N–H and O–H groups in total. The van der Waals surface area contributed by atoms with Gasteiger partial charge in [0.1, 0.15) is 0 Å². The zero-order chi connectivity index (χ0) is 15.8. The van der Waals surface area contributed by atoms with Crippen LogP contribution in [0.15, 0.2) is 12.1 Å². The van der Waals surface area contributed by atoms with E-state index in [2.05, 4.69) is 15.1 Å². The second-order valence-corrected chi connectivity index (χ2v) is 5.62. The molecule has 1 aromatic rings. The Morgan fingerprint density at radius 2 is 2.05 bits per heavy atom. The molecular weight excluding hydrogens is 301 g/mol. The number of ether oxygens (including phenoxy) is 1. The van der Waals surface area contributed by atoms with Crippen LogP contribution in [0.2, 0.25) is 0 Å². The first-order valence-electron chi connectivity index (χ1n) is 7.04. The Morgan fingerprint density at radius 3 is 2.68 bits per heavy atom. The number of morpholine rings is 1. The first kappa shape index (κ1) is 15.4. The number of piperazine rings is 1. The van der Waals surface area contributed by atoms with Crippen molar-refractivity contribution in [2.45, 2.75) is 11.7 Å². The van der Waals surface area contributed by atoms with Crippen LogP contribution in [-0.4, -0.2) is 71.7 Å². The van der Waals surface area contributed by atoms with Gasteiger partial charge in [0.25, 0.3) is 0 Å². The number of hydrogen-bond acceptors (Lipinski definition) is 6. The van der Waals surface area contributed by atoms with Crippen molar-refractivity contribution >= 4 is 5.82 Å². The molecule has 3 heterocycles. The van der Waals surface area contributed by atoms with E-state index < -0.39 is 17.4 Å². The van der Waals surface area contributed by atoms with Crippen molar-refractivity contribution < 1.29 is 23.0 Å². The van der Waals surface area contributed by atoms with Crippen molar-refractivity contribution in [1.82, 2.24) is 15.1 Å². The minimum atomic E-state index is -4.49. The van der Waals surface area contributed by atoms with Crippen LogP contribution in [0, 0.1) is 0 Å². The molecule has 2 fully saturated rings. The number of aliphatic hydroxyl groups excluding tert-OH is 1. The lowest BCUT2D eigenvalue weighted by atomic mass is 9.94. The summed E-state index contributed by atoms with van der Waals surface area (Å²) in [6, 6.07) is 2.25. The molecule has 0 aromatic carbocycles. The van der Waals surface area contributed by atoms with Crippen molar-refractivity contribution in [1.29, 1.82) is 0 Å². The number of halogens is 3. The fraction of sp³-hybridized carbons (Fsp3) is 0.692. The van der Waals surface area contributed by atoms with Crippen LogP contribution in [0.25, 0.3) is 0 Å². The minimum absolute atomic E-state index is 0.0719. The van der Waals surface area contributed by atoms with Crippen LogP contribution in [0.3, 0.4) is 0 Å². The highest BCUT2D eigenvalue weighted by atomic mass is 19.4. The third-order valence-corrected chi connectivity index (χ3v) is 4.23. The van der Waals surface area contributed by atoms with Gasteiger partial charge in [-0.1, -0.05) is 0 Å². The molecule has 0 bridgehead atoms. The molecule has 22 heavy (non-hydrogen) atoms. The largest absolute Gasteiger partial charge is 0.435 e. The molecule has 2 aliphatic heterocycles. The van der Waals surface area contributed by atoms with E-state index in [0.29, 0.717) is 38.7 Å². The van der Waals surface area contributed by atoms with Gasteiger partial charge in [0.05, 0.1) is 25.4 Å². The molecule has 2 saturated heterocycles. The van der Waals surface area contributed by atoms with E-state index in [4.69, 9.17) is 4.74 Å². The number of aromatic nitrogens is 2. The highest BCUT2D eigenvalue weighted by molar-refractivity contribution is 5.39. The molecule has 0 radical (unpaired) electrons. The molecule has 3 rings (SSSR count). The zero-order valence-corrected chi connectivity index (χ0v) is 11.9. The van der Waals surface area contributed by atoms with Gasteiger partial charge in [0.2, 0.25) is 0 Å². The first-order valence-corrected chi connectivity index (χ1v) is 7.04. The summed E-state index contributed by atoms with van der Waals surface area (Å²) in [5.41, 5.74) is -1.53. The number of nitrogens with zero attached hydrogens (tertiary/aromatic N) is 4. The highest BCUT2D eigenvalue weighted by Crippen LogP contribution is 2.30. The van der Waals surface area contributed by atoms with E-state index in [1.54, 1.807) is 0 Å². The summed E-state index contributed by atoms with van der Waals surface area (Å²) in [6.07, 6.45) is -4.49. The second-order valence-electron chi connectivity index (χ2n) is 5.62. The van der Waals surface area contributed by atoms with Crippen molar-refractivity contribution in [2.24, 2.45) is 0 Å². The Kier molecular flexibility index (Phi) is 3.96. The third-order valence-electron chi connectivity index (χ3n) is 4.23. The van der Waals surface area contributed by atoms with E-state index in [9.17, 15) is 18.3 Å². The number of alkyl halides is 3. The normalized spacial score (nSPS) is 26.8. The highest BCUT2D eigenvalue weighted by Gasteiger charge is 2.44. The lowest BCUT2D eigenvalue weighted by molar-refractivity contribution is -0.141. The average molecular weight is 318 g/mol. The van der Waals surface area contributed by atoms with Crippen LogP contribution in [0.1, 0.15) is 5.69 Å². The van der Waals surface area contributed by atoms with Gasteiger partial charge in [-0.2, -0.15) is 13.2 Å². The molecule has 0 aliphatic carbocycles. The standard InChI is InChI=1S/C13H17F3N4O2/c14-13(15,16)10-1-2-11(18-17-10)19-3-4-20-5-6-22-9-12(20,7-19)8-21/h1-2,21H,3-9H2. The molecule has 0 saturated carbocycles. The smallest absolute Gasteiger partial charge is 0.394 e. The van der Waals surface area contributed by atoms with Gasteiger partial charge in [-0.25, -0.2) is 0 Å². The quantitative estimate of drug-likeness (QED) is 0.851. The van der Waals surface area contributed by atoms with Gasteiger partial charge in [0.15, 0.2) is 11.5 Å². The summed E-state index contributed by atoms with van der Waals surface area (Å²) in [7, 11) is 0. The van der Waals surface area contributed by atoms with Gasteiger partial charge in [0, 0.05) is 26.2 Å². The molecule has 9 heteroatoms. The van der Waals surface area contributed by atoms with E-state index in [1.807, 2.05) is 4.90 Å². The van der Waals surface area contributed by atoms with Crippen molar-refractivity contribution in [3.05, 3.63) is 17.8 Å². The lowest BCUT2D eigenvalue weighted by Gasteiger charge is -2.52. The Hall–Kier alpha value is -1.45. The van der Waals surface area contributed by atoms with Gasteiger partial charge in [-0.15, -0.1) is 10.2 Å². The third kappa shape index (κ3) is 2.75. The van der Waals surface area contributed by atoms with E-state index in [1.165, 1.54) is 6.07 Å². The summed E-state index contributed by atoms with van der Waals surface area (Å²) >= 11 is 0. The zero-order valence-electron chi connectivity index (χ0n) is 11.9. The first-order chi connectivity index (χ1) is 10.4. The molecule has 2 aliphatic rings. The number of hydrogen-bond donors (Lipinski definition) is 1. The Labute approximate surface area is 125 Å². The van der Waals surface area contributed by atoms with Crippen molar-refractivity contribution in [2.75, 3.05) is 50.9 Å². The summed E-state index contributed by atoms with van der Waals surface area (Å²) in [4.78, 5) is 4.01. The summed E-state index contributed by atoms with van der Waals surface area (Å²) in [5, 5.41) is 16.7. The minimum Gasteiger partial charge on any atom is -0.394 e. The molecule has 1 unspecified atom stereocenters. The number of fused-ring (bicyclic) bond motifs is 1. The topological polar surface area (TPSA) is 61.7 Å². The van der Waals surface area contributed by atoms with E-state index in [0.717, 1.165) is 12.6 Å². The average Bonchev–Trinajstić information content (AvgIpc) is 2.53. The molecule has 122 valence electrons. The Balaban J connectivity index is 1.78. The van der Waals surface area contributed by atoms with Crippen LogP contribution in [-0.2, 0) is 10.9 Å². The van der Waals surface area contributed by atoms with E-state index >= 15 is 0 Å². The SMILES string of the molecule is OCC12COCCN1CCN(c1ccc(C(F)(F)F)nn1)C2. The summed E-state index contributed by atoms with van der Waals surface area (Å²) in [6.45, 7) is 3.47. The van der Waals surface area contributed by atoms with Gasteiger partial charge < -0.3 is 14.7 Å². The number of aliphatic hydroxyl groups is 1. The maximum Gasteiger partial charge on any atom is 0.435 e. The number of rotatable bonds is 2. The Morgan fingerprint density at radius 1 is 1.23 bits per heavy atom. The van der Waals surface area contributed by atoms with Crippen LogP contribution >= 0.6 is 0 Å². The maximum absolute atomic E-state index is 12.5. The van der Waals surface area contributed by atoms with Crippen LogP contribution in [0.4, 0.5) is 19.0 Å². The predicted molar refractivity (Wildman–Crippen MR) is 71.5 cm³/mol. The molecule has 6 nitrogen and oxygen atoms in total. The van der Waals surface area contributed by atoms with Gasteiger partial charge >= 0.3 is 6.18 Å².